The van der Waals surface area contributed by atoms with Crippen LogP contribution in [0.2, 0.25) is 0 Å². The molecule has 1 N–H and O–H groups in total. The molecule has 2 rings (SSSR count). The van der Waals surface area contributed by atoms with Crippen LogP contribution >= 0.6 is 0 Å². The van der Waals surface area contributed by atoms with Crippen LogP contribution < -0.4 is 5.32 Å². The van der Waals surface area contributed by atoms with E-state index in [4.69, 9.17) is 0 Å². The van der Waals surface area contributed by atoms with E-state index in [9.17, 15) is 17.6 Å². The summed E-state index contributed by atoms with van der Waals surface area (Å²) in [4.78, 5) is 0. The second kappa shape index (κ2) is 8.99. The molecular formula is C20H23F4N. The average molecular weight is 353 g/mol. The van der Waals surface area contributed by atoms with Gasteiger partial charge in [0, 0.05) is 6.54 Å². The summed E-state index contributed by atoms with van der Waals surface area (Å²) < 4.78 is 51.5. The lowest BCUT2D eigenvalue weighted by Gasteiger charge is -2.12. The molecule has 0 aliphatic heterocycles. The average Bonchev–Trinajstić information content (AvgIpc) is 2.56. The van der Waals surface area contributed by atoms with E-state index >= 15 is 0 Å². The highest BCUT2D eigenvalue weighted by Crippen LogP contribution is 2.30. The van der Waals surface area contributed by atoms with Crippen LogP contribution in [0.1, 0.15) is 42.0 Å². The lowest BCUT2D eigenvalue weighted by atomic mass is 10.0. The fourth-order valence-corrected chi connectivity index (χ4v) is 2.76. The first kappa shape index (κ1) is 19.4. The maximum absolute atomic E-state index is 13.4. The van der Waals surface area contributed by atoms with E-state index in [-0.39, 0.29) is 0 Å². The number of hydrogen-bond acceptors (Lipinski definition) is 1. The Morgan fingerprint density at radius 2 is 1.68 bits per heavy atom. The lowest BCUT2D eigenvalue weighted by molar-refractivity contribution is -0.137. The van der Waals surface area contributed by atoms with Gasteiger partial charge in [-0.15, -0.1) is 0 Å². The van der Waals surface area contributed by atoms with Crippen molar-refractivity contribution in [2.75, 3.05) is 6.54 Å². The molecule has 25 heavy (non-hydrogen) atoms. The molecule has 136 valence electrons. The van der Waals surface area contributed by atoms with Crippen LogP contribution in [0.25, 0.3) is 0 Å². The third kappa shape index (κ3) is 6.16. The number of unbranched alkanes of at least 4 members (excludes halogenated alkanes) is 1. The van der Waals surface area contributed by atoms with E-state index in [1.807, 2.05) is 12.1 Å². The lowest BCUT2D eigenvalue weighted by Crippen LogP contribution is -2.18. The molecule has 0 spiro atoms. The van der Waals surface area contributed by atoms with E-state index in [1.165, 1.54) is 11.1 Å². The predicted octanol–water partition coefficient (Wildman–Crippen LogP) is 5.52. The normalized spacial score (nSPS) is 11.7. The molecular weight excluding hydrogens is 330 g/mol. The minimum atomic E-state index is -4.53. The van der Waals surface area contributed by atoms with Gasteiger partial charge in [0.05, 0.1) is 5.56 Å². The van der Waals surface area contributed by atoms with Crippen LogP contribution in [0, 0.1) is 5.82 Å². The maximum Gasteiger partial charge on any atom is 0.416 e. The zero-order valence-electron chi connectivity index (χ0n) is 14.3. The van der Waals surface area contributed by atoms with Crippen molar-refractivity contribution in [3.63, 3.8) is 0 Å². The molecule has 5 heteroatoms. The van der Waals surface area contributed by atoms with Gasteiger partial charge in [0.1, 0.15) is 5.82 Å². The first-order valence-electron chi connectivity index (χ1n) is 8.54. The Bertz CT molecular complexity index is 680. The van der Waals surface area contributed by atoms with Gasteiger partial charge in [-0.05, 0) is 60.7 Å². The Hall–Kier alpha value is -1.88. The zero-order chi connectivity index (χ0) is 18.3. The summed E-state index contributed by atoms with van der Waals surface area (Å²) in [5.74, 6) is -0.852. The number of benzene rings is 2. The molecule has 1 nitrogen and oxygen atoms in total. The molecule has 0 saturated heterocycles. The number of rotatable bonds is 8. The molecule has 0 fully saturated rings. The van der Waals surface area contributed by atoms with Crippen molar-refractivity contribution < 1.29 is 17.6 Å². The second-order valence-electron chi connectivity index (χ2n) is 6.14. The Balaban J connectivity index is 1.91. The molecule has 0 amide bonds. The van der Waals surface area contributed by atoms with Gasteiger partial charge in [0.25, 0.3) is 0 Å². The van der Waals surface area contributed by atoms with Crippen LogP contribution in [0.4, 0.5) is 17.6 Å². The van der Waals surface area contributed by atoms with Crippen molar-refractivity contribution in [3.8, 4) is 0 Å². The quantitative estimate of drug-likeness (QED) is 0.487. The van der Waals surface area contributed by atoms with Gasteiger partial charge >= 0.3 is 6.18 Å². The second-order valence-corrected chi connectivity index (χ2v) is 6.14. The smallest absolute Gasteiger partial charge is 0.312 e. The van der Waals surface area contributed by atoms with Crippen molar-refractivity contribution in [3.05, 3.63) is 70.5 Å². The predicted molar refractivity (Wildman–Crippen MR) is 91.9 cm³/mol. The van der Waals surface area contributed by atoms with Crippen molar-refractivity contribution in [1.82, 2.24) is 5.32 Å². The number of alkyl halides is 3. The Morgan fingerprint density at radius 3 is 2.36 bits per heavy atom. The number of hydrogen-bond donors (Lipinski definition) is 1. The van der Waals surface area contributed by atoms with E-state index in [2.05, 4.69) is 24.4 Å². The number of halogens is 4. The fraction of sp³-hybridized carbons (Fsp3) is 0.400. The van der Waals surface area contributed by atoms with Gasteiger partial charge < -0.3 is 5.32 Å². The van der Waals surface area contributed by atoms with Crippen LogP contribution in [-0.2, 0) is 25.6 Å². The van der Waals surface area contributed by atoms with E-state index in [1.54, 1.807) is 0 Å². The van der Waals surface area contributed by atoms with E-state index in [0.29, 0.717) is 31.1 Å². The summed E-state index contributed by atoms with van der Waals surface area (Å²) in [6.07, 6.45) is -0.906. The first-order valence-corrected chi connectivity index (χ1v) is 8.54. The third-order valence-corrected chi connectivity index (χ3v) is 4.11. The van der Waals surface area contributed by atoms with Crippen molar-refractivity contribution in [1.29, 1.82) is 0 Å². The summed E-state index contributed by atoms with van der Waals surface area (Å²) in [6.45, 7) is 3.29. The third-order valence-electron chi connectivity index (χ3n) is 4.11. The topological polar surface area (TPSA) is 12.0 Å². The molecule has 0 heterocycles. The van der Waals surface area contributed by atoms with E-state index in [0.717, 1.165) is 31.4 Å². The summed E-state index contributed by atoms with van der Waals surface area (Å²) in [5, 5.41) is 3.24. The van der Waals surface area contributed by atoms with Crippen molar-refractivity contribution in [2.45, 2.75) is 45.3 Å². The first-order chi connectivity index (χ1) is 11.9. The van der Waals surface area contributed by atoms with Crippen LogP contribution in [0.15, 0.2) is 42.5 Å². The molecule has 0 atom stereocenters. The fourth-order valence-electron chi connectivity index (χ4n) is 2.76. The van der Waals surface area contributed by atoms with Crippen LogP contribution in [-0.4, -0.2) is 6.54 Å². The number of nitrogens with one attached hydrogen (secondary N) is 1. The highest BCUT2D eigenvalue weighted by molar-refractivity contribution is 5.28. The molecule has 0 saturated carbocycles. The standard InChI is InChI=1S/C20H23F4N/c1-2-3-6-16-7-4-5-8-17(16)14-25-10-9-15-11-18(20(22,23)24)13-19(21)12-15/h4-5,7-8,11-13,25H,2-3,6,9-10,14H2,1H3. The summed E-state index contributed by atoms with van der Waals surface area (Å²) >= 11 is 0. The molecule has 0 aliphatic rings. The minimum Gasteiger partial charge on any atom is -0.312 e. The van der Waals surface area contributed by atoms with Crippen molar-refractivity contribution >= 4 is 0 Å². The minimum absolute atomic E-state index is 0.345. The van der Waals surface area contributed by atoms with Crippen LogP contribution in [0.3, 0.4) is 0 Å². The zero-order valence-corrected chi connectivity index (χ0v) is 14.3. The van der Waals surface area contributed by atoms with Crippen LogP contribution in [0.5, 0.6) is 0 Å². The van der Waals surface area contributed by atoms with Gasteiger partial charge in [-0.3, -0.25) is 0 Å². The Kier molecular flexibility index (Phi) is 7.00. The summed E-state index contributed by atoms with van der Waals surface area (Å²) in [7, 11) is 0. The van der Waals surface area contributed by atoms with E-state index < -0.39 is 17.6 Å². The van der Waals surface area contributed by atoms with Gasteiger partial charge in [0.15, 0.2) is 0 Å². The highest BCUT2D eigenvalue weighted by atomic mass is 19.4. The van der Waals surface area contributed by atoms with Gasteiger partial charge in [-0.2, -0.15) is 13.2 Å². The highest BCUT2D eigenvalue weighted by Gasteiger charge is 2.31. The largest absolute Gasteiger partial charge is 0.416 e. The molecule has 2 aromatic rings. The molecule has 0 radical (unpaired) electrons. The molecule has 2 aromatic carbocycles. The number of aryl methyl sites for hydroxylation is 1. The molecule has 0 unspecified atom stereocenters. The molecule has 0 aliphatic carbocycles. The molecule has 0 bridgehead atoms. The monoisotopic (exact) mass is 353 g/mol. The Morgan fingerprint density at radius 1 is 0.960 bits per heavy atom. The molecule has 0 aromatic heterocycles. The summed E-state index contributed by atoms with van der Waals surface area (Å²) in [6, 6.07) is 10.9. The maximum atomic E-state index is 13.4. The van der Waals surface area contributed by atoms with Crippen molar-refractivity contribution in [2.24, 2.45) is 0 Å². The van der Waals surface area contributed by atoms with Gasteiger partial charge in [-0.1, -0.05) is 37.6 Å². The van der Waals surface area contributed by atoms with Gasteiger partial charge in [0.2, 0.25) is 0 Å². The summed E-state index contributed by atoms with van der Waals surface area (Å²) in [5.41, 5.74) is 1.90. The SMILES string of the molecule is CCCCc1ccccc1CNCCc1cc(F)cc(C(F)(F)F)c1. The Labute approximate surface area is 146 Å². The van der Waals surface area contributed by atoms with Gasteiger partial charge in [-0.25, -0.2) is 4.39 Å².